The molecule has 1 unspecified atom stereocenters. The van der Waals surface area contributed by atoms with Gasteiger partial charge in [0, 0.05) is 4.88 Å². The lowest BCUT2D eigenvalue weighted by molar-refractivity contribution is -0.115. The van der Waals surface area contributed by atoms with E-state index < -0.39 is 5.38 Å². The molecule has 4 nitrogen and oxygen atoms in total. The predicted octanol–water partition coefficient (Wildman–Crippen LogP) is 3.76. The first-order valence-electron chi connectivity index (χ1n) is 7.35. The van der Waals surface area contributed by atoms with Crippen molar-refractivity contribution in [3.8, 4) is 0 Å². The van der Waals surface area contributed by atoms with Crippen LogP contribution in [0.5, 0.6) is 0 Å². The molecular formula is C15H20ClNO3S. The molecular weight excluding hydrogens is 310 g/mol. The zero-order valence-corrected chi connectivity index (χ0v) is 13.9. The highest BCUT2D eigenvalue weighted by Crippen LogP contribution is 2.38. The Labute approximate surface area is 133 Å². The second kappa shape index (κ2) is 7.27. The second-order valence-corrected chi connectivity index (χ2v) is 6.63. The fourth-order valence-corrected chi connectivity index (χ4v) is 3.78. The van der Waals surface area contributed by atoms with Gasteiger partial charge in [0.2, 0.25) is 5.91 Å². The average molecular weight is 330 g/mol. The lowest BCUT2D eigenvalue weighted by atomic mass is 9.95. The minimum Gasteiger partial charge on any atom is -0.462 e. The van der Waals surface area contributed by atoms with Gasteiger partial charge in [-0.25, -0.2) is 4.79 Å². The summed E-state index contributed by atoms with van der Waals surface area (Å²) >= 11 is 7.44. The van der Waals surface area contributed by atoms with Gasteiger partial charge in [0.25, 0.3) is 0 Å². The van der Waals surface area contributed by atoms with Crippen LogP contribution in [-0.2, 0) is 22.4 Å². The maximum atomic E-state index is 12.2. The first kappa shape index (κ1) is 16.3. The van der Waals surface area contributed by atoms with E-state index >= 15 is 0 Å². The summed E-state index contributed by atoms with van der Waals surface area (Å²) < 4.78 is 5.14. The third-order valence-corrected chi connectivity index (χ3v) is 5.24. The van der Waals surface area contributed by atoms with E-state index in [1.807, 2.05) is 6.92 Å². The van der Waals surface area contributed by atoms with Crippen LogP contribution in [0.4, 0.5) is 5.00 Å². The number of halogens is 1. The highest BCUT2D eigenvalue weighted by atomic mass is 35.5. The molecule has 1 aromatic heterocycles. The number of alkyl halides is 1. The third kappa shape index (κ3) is 3.58. The Bertz CT molecular complexity index is 541. The number of amides is 1. The standard InChI is InChI=1S/C15H20ClNO3S/c1-3-10(16)13(18)17-14-12(15(19)20-4-2)9-7-5-6-8-11(9)21-14/h10H,3-8H2,1-2H3,(H,17,18). The van der Waals surface area contributed by atoms with Crippen LogP contribution in [0.1, 0.15) is 53.9 Å². The van der Waals surface area contributed by atoms with Crippen LogP contribution in [0, 0.1) is 0 Å². The summed E-state index contributed by atoms with van der Waals surface area (Å²) in [5.74, 6) is -0.613. The Hall–Kier alpha value is -1.07. The van der Waals surface area contributed by atoms with Gasteiger partial charge < -0.3 is 10.1 Å². The van der Waals surface area contributed by atoms with Gasteiger partial charge in [-0.1, -0.05) is 6.92 Å². The predicted molar refractivity (Wildman–Crippen MR) is 85.5 cm³/mol. The van der Waals surface area contributed by atoms with Gasteiger partial charge in [-0.15, -0.1) is 22.9 Å². The Morgan fingerprint density at radius 1 is 1.33 bits per heavy atom. The molecule has 1 aliphatic rings. The van der Waals surface area contributed by atoms with Crippen LogP contribution in [0.2, 0.25) is 0 Å². The molecule has 1 N–H and O–H groups in total. The van der Waals surface area contributed by atoms with Crippen molar-refractivity contribution in [1.29, 1.82) is 0 Å². The Morgan fingerprint density at radius 2 is 2.05 bits per heavy atom. The molecule has 0 spiro atoms. The van der Waals surface area contributed by atoms with Gasteiger partial charge >= 0.3 is 5.97 Å². The topological polar surface area (TPSA) is 55.4 Å². The first-order chi connectivity index (χ1) is 10.1. The molecule has 116 valence electrons. The number of thiophene rings is 1. The van der Waals surface area contributed by atoms with E-state index in [-0.39, 0.29) is 11.9 Å². The zero-order valence-electron chi connectivity index (χ0n) is 12.3. The van der Waals surface area contributed by atoms with Gasteiger partial charge in [-0.2, -0.15) is 0 Å². The van der Waals surface area contributed by atoms with Crippen LogP contribution in [0.25, 0.3) is 0 Å². The highest BCUT2D eigenvalue weighted by molar-refractivity contribution is 7.17. The monoisotopic (exact) mass is 329 g/mol. The van der Waals surface area contributed by atoms with E-state index in [0.29, 0.717) is 23.6 Å². The van der Waals surface area contributed by atoms with Crippen molar-refractivity contribution in [3.63, 3.8) is 0 Å². The van der Waals surface area contributed by atoms with Crippen LogP contribution in [0.3, 0.4) is 0 Å². The second-order valence-electron chi connectivity index (χ2n) is 5.00. The summed E-state index contributed by atoms with van der Waals surface area (Å²) in [6.45, 7) is 3.95. The molecule has 0 aliphatic heterocycles. The van der Waals surface area contributed by atoms with E-state index in [1.54, 1.807) is 6.92 Å². The number of aryl methyl sites for hydroxylation is 1. The largest absolute Gasteiger partial charge is 0.462 e. The summed E-state index contributed by atoms with van der Waals surface area (Å²) in [5, 5.41) is 2.81. The van der Waals surface area contributed by atoms with E-state index in [4.69, 9.17) is 16.3 Å². The summed E-state index contributed by atoms with van der Waals surface area (Å²) in [6, 6.07) is 0. The number of anilines is 1. The number of carbonyl (C=O) groups is 2. The molecule has 0 aromatic carbocycles. The first-order valence-corrected chi connectivity index (χ1v) is 8.60. The third-order valence-electron chi connectivity index (χ3n) is 3.53. The summed E-state index contributed by atoms with van der Waals surface area (Å²) in [7, 11) is 0. The molecule has 1 heterocycles. The minimum absolute atomic E-state index is 0.261. The fraction of sp³-hybridized carbons (Fsp3) is 0.600. The van der Waals surface area contributed by atoms with Crippen molar-refractivity contribution in [2.75, 3.05) is 11.9 Å². The number of rotatable bonds is 5. The number of esters is 1. The quantitative estimate of drug-likeness (QED) is 0.661. The summed E-state index contributed by atoms with van der Waals surface area (Å²) in [6.07, 6.45) is 4.56. The highest BCUT2D eigenvalue weighted by Gasteiger charge is 2.28. The van der Waals surface area contributed by atoms with Crippen LogP contribution < -0.4 is 5.32 Å². The molecule has 1 atom stereocenters. The Kier molecular flexibility index (Phi) is 5.65. The Morgan fingerprint density at radius 3 is 2.71 bits per heavy atom. The lowest BCUT2D eigenvalue weighted by Crippen LogP contribution is -2.23. The summed E-state index contributed by atoms with van der Waals surface area (Å²) in [4.78, 5) is 25.4. The molecule has 0 fully saturated rings. The van der Waals surface area contributed by atoms with Crippen molar-refractivity contribution in [3.05, 3.63) is 16.0 Å². The molecule has 2 rings (SSSR count). The molecule has 1 amide bonds. The average Bonchev–Trinajstić information content (AvgIpc) is 2.84. The smallest absolute Gasteiger partial charge is 0.341 e. The SMILES string of the molecule is CCOC(=O)c1c(NC(=O)C(Cl)CC)sc2c1CCCC2. The molecule has 21 heavy (non-hydrogen) atoms. The molecule has 0 bridgehead atoms. The van der Waals surface area contributed by atoms with E-state index in [2.05, 4.69) is 5.32 Å². The van der Waals surface area contributed by atoms with Gasteiger partial charge in [0.15, 0.2) is 0 Å². The van der Waals surface area contributed by atoms with E-state index in [1.165, 1.54) is 16.2 Å². The number of ether oxygens (including phenoxy) is 1. The normalized spacial score (nSPS) is 15.2. The Balaban J connectivity index is 2.33. The van der Waals surface area contributed by atoms with Crippen molar-refractivity contribution >= 4 is 39.8 Å². The zero-order chi connectivity index (χ0) is 15.4. The number of fused-ring (bicyclic) bond motifs is 1. The van der Waals surface area contributed by atoms with Gasteiger partial charge in [-0.05, 0) is 44.6 Å². The van der Waals surface area contributed by atoms with Crippen LogP contribution in [0.15, 0.2) is 0 Å². The maximum Gasteiger partial charge on any atom is 0.341 e. The van der Waals surface area contributed by atoms with Gasteiger partial charge in [0.1, 0.15) is 10.4 Å². The van der Waals surface area contributed by atoms with Crippen molar-refractivity contribution in [2.24, 2.45) is 0 Å². The van der Waals surface area contributed by atoms with Crippen LogP contribution in [-0.4, -0.2) is 23.9 Å². The van der Waals surface area contributed by atoms with E-state index in [0.717, 1.165) is 31.2 Å². The molecule has 0 saturated heterocycles. The van der Waals surface area contributed by atoms with Crippen molar-refractivity contribution in [2.45, 2.75) is 51.3 Å². The molecule has 6 heteroatoms. The van der Waals surface area contributed by atoms with E-state index in [9.17, 15) is 9.59 Å². The van der Waals surface area contributed by atoms with Gasteiger partial charge in [-0.3, -0.25) is 4.79 Å². The molecule has 1 aliphatic carbocycles. The van der Waals surface area contributed by atoms with Crippen molar-refractivity contribution < 1.29 is 14.3 Å². The number of hydrogen-bond donors (Lipinski definition) is 1. The fourth-order valence-electron chi connectivity index (χ4n) is 2.45. The lowest BCUT2D eigenvalue weighted by Gasteiger charge is -2.12. The minimum atomic E-state index is -0.584. The van der Waals surface area contributed by atoms with Crippen molar-refractivity contribution in [1.82, 2.24) is 0 Å². The molecule has 0 saturated carbocycles. The van der Waals surface area contributed by atoms with Crippen LogP contribution >= 0.6 is 22.9 Å². The molecule has 0 radical (unpaired) electrons. The summed E-state index contributed by atoms with van der Waals surface area (Å²) in [5.41, 5.74) is 1.58. The number of nitrogens with one attached hydrogen (secondary N) is 1. The van der Waals surface area contributed by atoms with Gasteiger partial charge in [0.05, 0.1) is 12.2 Å². The molecule has 1 aromatic rings. The maximum absolute atomic E-state index is 12.2. The number of hydrogen-bond acceptors (Lipinski definition) is 4. The number of carbonyl (C=O) groups excluding carboxylic acids is 2.